The van der Waals surface area contributed by atoms with E-state index in [2.05, 4.69) is 36.0 Å². The summed E-state index contributed by atoms with van der Waals surface area (Å²) < 4.78 is 24.0. The van der Waals surface area contributed by atoms with E-state index < -0.39 is 9.84 Å². The van der Waals surface area contributed by atoms with Crippen LogP contribution in [0.25, 0.3) is 0 Å². The third kappa shape index (κ3) is 7.89. The Morgan fingerprint density at radius 1 is 1.03 bits per heavy atom. The topological polar surface area (TPSA) is 88.2 Å². The molecule has 0 aromatic heterocycles. The first-order valence-corrected chi connectivity index (χ1v) is 15.9. The predicted molar refractivity (Wildman–Crippen MR) is 140 cm³/mol. The van der Waals surface area contributed by atoms with E-state index in [1.54, 1.807) is 0 Å². The Labute approximate surface area is 214 Å². The molecule has 3 saturated heterocycles. The van der Waals surface area contributed by atoms with Gasteiger partial charge in [0.2, 0.25) is 0 Å². The Hall–Kier alpha value is -1.19. The maximum atomic E-state index is 11.8. The summed E-state index contributed by atoms with van der Waals surface area (Å²) >= 11 is 0. The van der Waals surface area contributed by atoms with Crippen LogP contribution in [0.2, 0.25) is 0 Å². The molecule has 3 fully saturated rings. The number of piperidine rings is 3. The van der Waals surface area contributed by atoms with Crippen molar-refractivity contribution in [1.29, 1.82) is 10.5 Å². The number of hydrogen-bond donors (Lipinski definition) is 0. The summed E-state index contributed by atoms with van der Waals surface area (Å²) in [4.78, 5) is 4.86. The Bertz CT molecular complexity index is 873. The minimum atomic E-state index is -2.92. The molecule has 3 heterocycles. The average molecular weight is 507 g/mol. The lowest BCUT2D eigenvalue weighted by atomic mass is 9.60. The van der Waals surface area contributed by atoms with Crippen LogP contribution >= 0.6 is 0 Å². The van der Waals surface area contributed by atoms with Gasteiger partial charge < -0.3 is 4.90 Å². The maximum Gasteiger partial charge on any atom is 0.308 e. The number of rotatable bonds is 10. The molecule has 35 heavy (non-hydrogen) atoms. The first-order chi connectivity index (χ1) is 16.6. The van der Waals surface area contributed by atoms with Gasteiger partial charge in [0.25, 0.3) is 0 Å². The highest BCUT2D eigenvalue weighted by molar-refractivity contribution is 7.90. The standard InChI is InChI=1S/C27H48N5O2S/c1-27(24-10-17-30(18-11-24)19-14-28,25-8-6-20-32(2,22-25)23-29)13-7-16-31-15-5-4-9-26(31)12-21-35(3,33)34/h24-26H,4-13,15-22H2,1-3H3/q+1. The summed E-state index contributed by atoms with van der Waals surface area (Å²) in [5, 5.41) is 19.0. The summed E-state index contributed by atoms with van der Waals surface area (Å²) in [6.45, 7) is 9.09. The number of sulfone groups is 1. The molecule has 0 saturated carbocycles. The molecule has 0 N–H and O–H groups in total. The van der Waals surface area contributed by atoms with E-state index >= 15 is 0 Å². The zero-order chi connectivity index (χ0) is 25.5. The fraction of sp³-hybridized carbons (Fsp3) is 0.926. The quantitative estimate of drug-likeness (QED) is 0.255. The molecule has 4 unspecified atom stereocenters. The van der Waals surface area contributed by atoms with Crippen LogP contribution in [0, 0.1) is 40.0 Å². The van der Waals surface area contributed by atoms with Crippen LogP contribution < -0.4 is 0 Å². The van der Waals surface area contributed by atoms with Crippen LogP contribution in [-0.2, 0) is 9.84 Å². The molecule has 0 radical (unpaired) electrons. The van der Waals surface area contributed by atoms with E-state index in [4.69, 9.17) is 5.26 Å². The monoisotopic (exact) mass is 506 g/mol. The number of quaternary nitrogens is 1. The van der Waals surface area contributed by atoms with Crippen molar-refractivity contribution in [3.05, 3.63) is 0 Å². The molecule has 0 bridgehead atoms. The molecule has 0 aromatic rings. The highest BCUT2D eigenvalue weighted by Crippen LogP contribution is 2.49. The SMILES string of the molecule is CC(CCCN1CCCCC1CCS(C)(=O)=O)(C1CCN(CC#N)CC1)C1CCC[N+](C)(C#N)C1. The zero-order valence-electron chi connectivity index (χ0n) is 22.4. The van der Waals surface area contributed by atoms with E-state index in [-0.39, 0.29) is 5.41 Å². The minimum Gasteiger partial charge on any atom is -0.300 e. The van der Waals surface area contributed by atoms with Crippen LogP contribution in [0.4, 0.5) is 0 Å². The third-order valence-corrected chi connectivity index (χ3v) is 10.5. The fourth-order valence-corrected chi connectivity index (χ4v) is 7.97. The van der Waals surface area contributed by atoms with E-state index in [1.165, 1.54) is 31.9 Å². The van der Waals surface area contributed by atoms with Crippen molar-refractivity contribution >= 4 is 9.84 Å². The van der Waals surface area contributed by atoms with Crippen LogP contribution in [0.5, 0.6) is 0 Å². The highest BCUT2D eigenvalue weighted by atomic mass is 32.2. The summed E-state index contributed by atoms with van der Waals surface area (Å²) in [5.41, 5.74) is 0.202. The minimum absolute atomic E-state index is 0.202. The molecule has 7 nitrogen and oxygen atoms in total. The van der Waals surface area contributed by atoms with Gasteiger partial charge in [0.05, 0.1) is 38.5 Å². The Balaban J connectivity index is 1.67. The lowest BCUT2D eigenvalue weighted by Crippen LogP contribution is -2.54. The molecular formula is C27H48N5O2S+. The Morgan fingerprint density at radius 2 is 1.77 bits per heavy atom. The van der Waals surface area contributed by atoms with Gasteiger partial charge in [-0.1, -0.05) is 13.3 Å². The summed E-state index contributed by atoms with van der Waals surface area (Å²) in [6.07, 6.45) is 15.2. The van der Waals surface area contributed by atoms with Gasteiger partial charge in [0.15, 0.2) is 0 Å². The average Bonchev–Trinajstić information content (AvgIpc) is 2.83. The molecule has 0 amide bonds. The molecular weight excluding hydrogens is 458 g/mol. The number of nitriles is 2. The van der Waals surface area contributed by atoms with Crippen LogP contribution in [-0.4, -0.2) is 93.6 Å². The largest absolute Gasteiger partial charge is 0.308 e. The van der Waals surface area contributed by atoms with E-state index in [0.29, 0.717) is 34.7 Å². The summed E-state index contributed by atoms with van der Waals surface area (Å²) in [7, 11) is -0.822. The van der Waals surface area contributed by atoms with Crippen molar-refractivity contribution in [2.45, 2.75) is 77.2 Å². The van der Waals surface area contributed by atoms with Crippen molar-refractivity contribution in [3.8, 4) is 12.3 Å². The van der Waals surface area contributed by atoms with Gasteiger partial charge in [-0.25, -0.2) is 12.9 Å². The smallest absolute Gasteiger partial charge is 0.300 e. The number of likely N-dealkylation sites (tertiary alicyclic amines) is 3. The lowest BCUT2D eigenvalue weighted by Gasteiger charge is -2.50. The van der Waals surface area contributed by atoms with Gasteiger partial charge in [0.1, 0.15) is 9.84 Å². The normalized spacial score (nSPS) is 31.3. The second-order valence-corrected chi connectivity index (χ2v) is 14.4. The molecule has 198 valence electrons. The molecule has 0 spiro atoms. The number of nitrogens with zero attached hydrogens (tertiary/aromatic N) is 5. The van der Waals surface area contributed by atoms with E-state index in [9.17, 15) is 13.7 Å². The predicted octanol–water partition coefficient (Wildman–Crippen LogP) is 3.64. The maximum absolute atomic E-state index is 11.8. The van der Waals surface area contributed by atoms with Crippen molar-refractivity contribution < 1.29 is 12.9 Å². The molecule has 8 heteroatoms. The summed E-state index contributed by atoms with van der Waals surface area (Å²) in [6, 6.07) is 2.71. The van der Waals surface area contributed by atoms with Crippen molar-refractivity contribution in [2.75, 3.05) is 64.9 Å². The van der Waals surface area contributed by atoms with Gasteiger partial charge in [0, 0.05) is 18.2 Å². The van der Waals surface area contributed by atoms with Gasteiger partial charge in [-0.2, -0.15) is 5.26 Å². The second kappa shape index (κ2) is 12.4. The van der Waals surface area contributed by atoms with E-state index in [1.807, 2.05) is 0 Å². The Morgan fingerprint density at radius 3 is 2.43 bits per heavy atom. The molecule has 3 aliphatic rings. The molecule has 4 atom stereocenters. The molecule has 3 aliphatic heterocycles. The van der Waals surface area contributed by atoms with Crippen LogP contribution in [0.1, 0.15) is 71.1 Å². The van der Waals surface area contributed by atoms with Crippen molar-refractivity contribution in [1.82, 2.24) is 9.80 Å². The van der Waals surface area contributed by atoms with Crippen LogP contribution in [0.3, 0.4) is 0 Å². The van der Waals surface area contributed by atoms with Gasteiger partial charge in [-0.05, 0) is 95.3 Å². The second-order valence-electron chi connectivity index (χ2n) is 12.2. The first kappa shape index (κ1) is 28.4. The number of hydrogen-bond acceptors (Lipinski definition) is 6. The van der Waals surface area contributed by atoms with Gasteiger partial charge >= 0.3 is 6.19 Å². The first-order valence-electron chi connectivity index (χ1n) is 13.9. The van der Waals surface area contributed by atoms with Gasteiger partial charge in [-0.15, -0.1) is 5.26 Å². The molecule has 0 aliphatic carbocycles. The molecule has 3 rings (SSSR count). The van der Waals surface area contributed by atoms with E-state index in [0.717, 1.165) is 77.8 Å². The zero-order valence-corrected chi connectivity index (χ0v) is 23.2. The molecule has 0 aromatic carbocycles. The third-order valence-electron chi connectivity index (χ3n) is 9.55. The van der Waals surface area contributed by atoms with Crippen molar-refractivity contribution in [2.24, 2.45) is 17.3 Å². The van der Waals surface area contributed by atoms with Crippen LogP contribution in [0.15, 0.2) is 0 Å². The lowest BCUT2D eigenvalue weighted by molar-refractivity contribution is -0.856. The fourth-order valence-electron chi connectivity index (χ4n) is 7.27. The van der Waals surface area contributed by atoms with Crippen molar-refractivity contribution in [3.63, 3.8) is 0 Å². The highest BCUT2D eigenvalue weighted by Gasteiger charge is 2.47. The Kier molecular flexibility index (Phi) is 10.0. The van der Waals surface area contributed by atoms with Gasteiger partial charge in [-0.3, -0.25) is 4.90 Å². The summed E-state index contributed by atoms with van der Waals surface area (Å²) in [5.74, 6) is 1.48.